The van der Waals surface area contributed by atoms with Gasteiger partial charge in [-0.2, -0.15) is 0 Å². The van der Waals surface area contributed by atoms with Crippen LogP contribution in [0, 0.1) is 0 Å². The van der Waals surface area contributed by atoms with Gasteiger partial charge in [0.15, 0.2) is 5.60 Å². The molecule has 2 heterocycles. The van der Waals surface area contributed by atoms with Crippen molar-refractivity contribution >= 4 is 39.2 Å². The van der Waals surface area contributed by atoms with Crippen molar-refractivity contribution < 1.29 is 14.3 Å². The van der Waals surface area contributed by atoms with E-state index in [-0.39, 0.29) is 24.8 Å². The Morgan fingerprint density at radius 2 is 2.04 bits per heavy atom. The molecule has 1 aromatic carbocycles. The summed E-state index contributed by atoms with van der Waals surface area (Å²) >= 11 is 3.30. The normalized spacial score (nSPS) is 15.3. The van der Waals surface area contributed by atoms with Crippen molar-refractivity contribution in [2.45, 2.75) is 25.9 Å². The minimum absolute atomic E-state index is 0.161. The number of para-hydroxylation sites is 2. The van der Waals surface area contributed by atoms with E-state index in [1.807, 2.05) is 24.3 Å². The highest BCUT2D eigenvalue weighted by atomic mass is 79.9. The van der Waals surface area contributed by atoms with E-state index >= 15 is 0 Å². The van der Waals surface area contributed by atoms with Crippen molar-refractivity contribution in [3.8, 4) is 5.75 Å². The molecular formula is C18H18BrN3O3. The topological polar surface area (TPSA) is 71.5 Å². The van der Waals surface area contributed by atoms with E-state index in [2.05, 4.69) is 26.2 Å². The number of halogens is 1. The number of amides is 2. The lowest BCUT2D eigenvalue weighted by molar-refractivity contribution is -0.132. The Morgan fingerprint density at radius 3 is 2.76 bits per heavy atom. The number of hydrogen-bond donors (Lipinski definition) is 1. The van der Waals surface area contributed by atoms with Gasteiger partial charge in [0, 0.05) is 23.6 Å². The number of aromatic nitrogens is 1. The Hall–Kier alpha value is -2.41. The second-order valence-corrected chi connectivity index (χ2v) is 7.11. The van der Waals surface area contributed by atoms with Gasteiger partial charge in [-0.3, -0.25) is 9.59 Å². The number of benzene rings is 1. The minimum atomic E-state index is -0.960. The number of hydrogen-bond acceptors (Lipinski definition) is 4. The lowest BCUT2D eigenvalue weighted by Crippen LogP contribution is -2.53. The average molecular weight is 404 g/mol. The third kappa shape index (κ3) is 3.82. The average Bonchev–Trinajstić information content (AvgIpc) is 2.57. The first kappa shape index (κ1) is 17.4. The Morgan fingerprint density at radius 1 is 1.28 bits per heavy atom. The number of nitrogens with one attached hydrogen (secondary N) is 1. The van der Waals surface area contributed by atoms with E-state index < -0.39 is 5.60 Å². The fourth-order valence-electron chi connectivity index (χ4n) is 2.61. The summed E-state index contributed by atoms with van der Waals surface area (Å²) in [6.07, 6.45) is 1.77. The summed E-state index contributed by atoms with van der Waals surface area (Å²) in [7, 11) is 0. The van der Waals surface area contributed by atoms with Crippen LogP contribution < -0.4 is 15.0 Å². The van der Waals surface area contributed by atoms with Crippen LogP contribution in [0.1, 0.15) is 20.3 Å². The zero-order valence-corrected chi connectivity index (χ0v) is 15.5. The molecule has 2 aromatic rings. The van der Waals surface area contributed by atoms with Gasteiger partial charge in [0.05, 0.1) is 5.69 Å². The van der Waals surface area contributed by atoms with Crippen LogP contribution in [0.3, 0.4) is 0 Å². The molecule has 0 saturated heterocycles. The van der Waals surface area contributed by atoms with Gasteiger partial charge in [-0.05, 0) is 54.0 Å². The van der Waals surface area contributed by atoms with Gasteiger partial charge in [-0.25, -0.2) is 4.98 Å². The highest BCUT2D eigenvalue weighted by Gasteiger charge is 2.40. The van der Waals surface area contributed by atoms with Crippen LogP contribution in [0.5, 0.6) is 5.75 Å². The predicted molar refractivity (Wildman–Crippen MR) is 98.7 cm³/mol. The molecule has 0 saturated carbocycles. The molecule has 6 nitrogen and oxygen atoms in total. The minimum Gasteiger partial charge on any atom is -0.476 e. The first-order valence-electron chi connectivity index (χ1n) is 7.88. The number of pyridine rings is 1. The summed E-state index contributed by atoms with van der Waals surface area (Å²) in [5, 5.41) is 2.73. The lowest BCUT2D eigenvalue weighted by Gasteiger charge is -2.38. The van der Waals surface area contributed by atoms with Crippen LogP contribution in [0.4, 0.5) is 11.5 Å². The fraction of sp³-hybridized carbons (Fsp3) is 0.278. The Bertz CT molecular complexity index is 805. The van der Waals surface area contributed by atoms with Gasteiger partial charge in [-0.1, -0.05) is 12.1 Å². The molecule has 25 heavy (non-hydrogen) atoms. The fourth-order valence-corrected chi connectivity index (χ4v) is 2.84. The van der Waals surface area contributed by atoms with Crippen molar-refractivity contribution in [3.05, 3.63) is 47.1 Å². The second kappa shape index (κ2) is 6.84. The predicted octanol–water partition coefficient (Wildman–Crippen LogP) is 3.38. The number of carbonyl (C=O) groups is 2. The maximum absolute atomic E-state index is 12.7. The third-order valence-electron chi connectivity index (χ3n) is 3.84. The number of carbonyl (C=O) groups excluding carboxylic acids is 2. The maximum atomic E-state index is 12.7. The van der Waals surface area contributed by atoms with E-state index in [0.29, 0.717) is 17.3 Å². The zero-order valence-electron chi connectivity index (χ0n) is 14.0. The molecule has 130 valence electrons. The lowest BCUT2D eigenvalue weighted by atomic mass is 10.0. The van der Waals surface area contributed by atoms with Crippen LogP contribution in [0.15, 0.2) is 47.1 Å². The summed E-state index contributed by atoms with van der Waals surface area (Å²) in [5.74, 6) is 0.745. The molecular weight excluding hydrogens is 386 g/mol. The van der Waals surface area contributed by atoms with E-state index in [0.717, 1.165) is 4.47 Å². The highest BCUT2D eigenvalue weighted by Crippen LogP contribution is 2.37. The number of fused-ring (bicyclic) bond motifs is 1. The van der Waals surface area contributed by atoms with Crippen molar-refractivity contribution in [1.29, 1.82) is 0 Å². The standard InChI is InChI=1S/C18H18BrN3O3/c1-18(2)17(24)22(13-5-3-4-6-14(13)25-18)10-9-16(23)21-15-8-7-12(19)11-20-15/h3-8,11H,9-10H2,1-2H3,(H,20,21,23). The molecule has 1 aromatic heterocycles. The number of ether oxygens (including phenoxy) is 1. The largest absolute Gasteiger partial charge is 0.476 e. The molecule has 2 amide bonds. The zero-order chi connectivity index (χ0) is 18.0. The van der Waals surface area contributed by atoms with E-state index in [9.17, 15) is 9.59 Å². The molecule has 0 atom stereocenters. The first-order valence-corrected chi connectivity index (χ1v) is 8.67. The van der Waals surface area contributed by atoms with Crippen LogP contribution in [0.25, 0.3) is 0 Å². The second-order valence-electron chi connectivity index (χ2n) is 6.20. The molecule has 1 N–H and O–H groups in total. The number of nitrogens with zero attached hydrogens (tertiary/aromatic N) is 2. The van der Waals surface area contributed by atoms with E-state index in [4.69, 9.17) is 4.74 Å². The van der Waals surface area contributed by atoms with Gasteiger partial charge in [0.1, 0.15) is 11.6 Å². The van der Waals surface area contributed by atoms with Crippen LogP contribution in [0.2, 0.25) is 0 Å². The summed E-state index contributed by atoms with van der Waals surface area (Å²) in [6.45, 7) is 3.72. The molecule has 0 bridgehead atoms. The summed E-state index contributed by atoms with van der Waals surface area (Å²) in [5.41, 5.74) is -0.278. The molecule has 0 fully saturated rings. The SMILES string of the molecule is CC1(C)Oc2ccccc2N(CCC(=O)Nc2ccc(Br)cn2)C1=O. The van der Waals surface area contributed by atoms with Crippen LogP contribution in [-0.4, -0.2) is 28.9 Å². The van der Waals surface area contributed by atoms with Gasteiger partial charge < -0.3 is 15.0 Å². The van der Waals surface area contributed by atoms with Gasteiger partial charge in [0.2, 0.25) is 5.91 Å². The Labute approximate surface area is 154 Å². The molecule has 1 aliphatic heterocycles. The highest BCUT2D eigenvalue weighted by molar-refractivity contribution is 9.10. The van der Waals surface area contributed by atoms with E-state index in [1.54, 1.807) is 37.1 Å². The summed E-state index contributed by atoms with van der Waals surface area (Å²) in [4.78, 5) is 30.6. The van der Waals surface area contributed by atoms with Crippen molar-refractivity contribution in [2.75, 3.05) is 16.8 Å². The molecule has 0 spiro atoms. The quantitative estimate of drug-likeness (QED) is 0.848. The molecule has 1 aliphatic rings. The van der Waals surface area contributed by atoms with Crippen LogP contribution >= 0.6 is 15.9 Å². The smallest absolute Gasteiger partial charge is 0.270 e. The van der Waals surface area contributed by atoms with Gasteiger partial charge in [-0.15, -0.1) is 0 Å². The maximum Gasteiger partial charge on any atom is 0.270 e. The van der Waals surface area contributed by atoms with E-state index in [1.165, 1.54) is 0 Å². The molecule has 3 rings (SSSR count). The Balaban J connectivity index is 1.70. The summed E-state index contributed by atoms with van der Waals surface area (Å²) in [6, 6.07) is 10.8. The van der Waals surface area contributed by atoms with Crippen molar-refractivity contribution in [3.63, 3.8) is 0 Å². The Kier molecular flexibility index (Phi) is 4.76. The van der Waals surface area contributed by atoms with Crippen molar-refractivity contribution in [1.82, 2.24) is 4.98 Å². The molecule has 0 radical (unpaired) electrons. The first-order chi connectivity index (χ1) is 11.9. The van der Waals surface area contributed by atoms with Gasteiger partial charge in [0.25, 0.3) is 5.91 Å². The summed E-state index contributed by atoms with van der Waals surface area (Å²) < 4.78 is 6.61. The molecule has 0 aliphatic carbocycles. The van der Waals surface area contributed by atoms with Gasteiger partial charge >= 0.3 is 0 Å². The number of anilines is 2. The number of rotatable bonds is 4. The third-order valence-corrected chi connectivity index (χ3v) is 4.31. The van der Waals surface area contributed by atoms with Crippen molar-refractivity contribution in [2.24, 2.45) is 0 Å². The monoisotopic (exact) mass is 403 g/mol. The molecule has 0 unspecified atom stereocenters. The van der Waals surface area contributed by atoms with Crippen LogP contribution in [-0.2, 0) is 9.59 Å². The molecule has 7 heteroatoms.